The van der Waals surface area contributed by atoms with Crippen LogP contribution in [-0.2, 0) is 19.6 Å². The summed E-state index contributed by atoms with van der Waals surface area (Å²) in [4.78, 5) is 12.4. The molecular formula is C20H25N3O5S. The summed E-state index contributed by atoms with van der Waals surface area (Å²) in [7, 11) is -3.55. The first-order valence-corrected chi connectivity index (χ1v) is 10.9. The number of ether oxygens (including phenoxy) is 2. The summed E-state index contributed by atoms with van der Waals surface area (Å²) in [6.45, 7) is 3.96. The summed E-state index contributed by atoms with van der Waals surface area (Å²) in [5.74, 6) is 0.431. The van der Waals surface area contributed by atoms with Crippen molar-refractivity contribution in [1.29, 1.82) is 0 Å². The monoisotopic (exact) mass is 419 g/mol. The van der Waals surface area contributed by atoms with Crippen LogP contribution in [0.3, 0.4) is 0 Å². The van der Waals surface area contributed by atoms with Crippen molar-refractivity contribution < 1.29 is 22.7 Å². The van der Waals surface area contributed by atoms with Gasteiger partial charge in [0.1, 0.15) is 5.75 Å². The van der Waals surface area contributed by atoms with Crippen LogP contribution in [0, 0.1) is 0 Å². The molecule has 0 radical (unpaired) electrons. The van der Waals surface area contributed by atoms with Crippen LogP contribution in [0.15, 0.2) is 53.4 Å². The summed E-state index contributed by atoms with van der Waals surface area (Å²) in [6, 6.07) is 13.6. The lowest BCUT2D eigenvalue weighted by atomic mass is 10.3. The average molecular weight is 420 g/mol. The molecule has 156 valence electrons. The van der Waals surface area contributed by atoms with Crippen LogP contribution in [-0.4, -0.2) is 58.1 Å². The van der Waals surface area contributed by atoms with E-state index in [0.29, 0.717) is 44.3 Å². The van der Waals surface area contributed by atoms with Crippen molar-refractivity contribution in [2.45, 2.75) is 11.8 Å². The summed E-state index contributed by atoms with van der Waals surface area (Å²) < 4.78 is 37.4. The first kappa shape index (κ1) is 21.1. The normalized spacial score (nSPS) is 14.9. The molecule has 2 N–H and O–H groups in total. The standard InChI is InChI=1S/C20H25N3O5S/c1-2-28-19-6-4-3-5-18(19)21-15-20(24)22-16-7-9-17(10-8-16)29(25,26)23-11-13-27-14-12-23/h3-10,21H,2,11-15H2,1H3,(H,22,24). The van der Waals surface area contributed by atoms with Crippen molar-refractivity contribution in [1.82, 2.24) is 4.31 Å². The molecule has 1 aliphatic heterocycles. The van der Waals surface area contributed by atoms with Gasteiger partial charge in [-0.3, -0.25) is 4.79 Å². The third-order valence-electron chi connectivity index (χ3n) is 4.37. The molecule has 0 aliphatic carbocycles. The van der Waals surface area contributed by atoms with Gasteiger partial charge in [0.05, 0.1) is 36.9 Å². The predicted molar refractivity (Wildman–Crippen MR) is 111 cm³/mol. The van der Waals surface area contributed by atoms with Gasteiger partial charge in [0.2, 0.25) is 15.9 Å². The zero-order valence-corrected chi connectivity index (χ0v) is 17.1. The second kappa shape index (κ2) is 9.73. The Morgan fingerprint density at radius 2 is 1.79 bits per heavy atom. The van der Waals surface area contributed by atoms with Crippen molar-refractivity contribution in [2.24, 2.45) is 0 Å². The van der Waals surface area contributed by atoms with Gasteiger partial charge in [-0.15, -0.1) is 0 Å². The number of anilines is 2. The SMILES string of the molecule is CCOc1ccccc1NCC(=O)Nc1ccc(S(=O)(=O)N2CCOCC2)cc1. The van der Waals surface area contributed by atoms with E-state index in [0.717, 1.165) is 5.69 Å². The van der Waals surface area contributed by atoms with E-state index in [1.165, 1.54) is 16.4 Å². The summed E-state index contributed by atoms with van der Waals surface area (Å²) in [5, 5.41) is 5.80. The zero-order valence-electron chi connectivity index (χ0n) is 16.3. The number of para-hydroxylation sites is 2. The molecule has 1 fully saturated rings. The van der Waals surface area contributed by atoms with E-state index in [9.17, 15) is 13.2 Å². The van der Waals surface area contributed by atoms with Crippen LogP contribution < -0.4 is 15.4 Å². The third-order valence-corrected chi connectivity index (χ3v) is 6.29. The lowest BCUT2D eigenvalue weighted by molar-refractivity contribution is -0.114. The van der Waals surface area contributed by atoms with Crippen LogP contribution in [0.25, 0.3) is 0 Å². The molecule has 1 amide bonds. The van der Waals surface area contributed by atoms with E-state index in [4.69, 9.17) is 9.47 Å². The van der Waals surface area contributed by atoms with Gasteiger partial charge in [0.25, 0.3) is 0 Å². The Morgan fingerprint density at radius 3 is 2.48 bits per heavy atom. The molecule has 2 aromatic carbocycles. The van der Waals surface area contributed by atoms with Crippen molar-refractivity contribution in [3.8, 4) is 5.75 Å². The Hall–Kier alpha value is -2.62. The summed E-state index contributed by atoms with van der Waals surface area (Å²) in [6.07, 6.45) is 0. The third kappa shape index (κ3) is 5.47. The molecule has 3 rings (SSSR count). The number of benzene rings is 2. The fraction of sp³-hybridized carbons (Fsp3) is 0.350. The maximum atomic E-state index is 12.6. The van der Waals surface area contributed by atoms with Crippen molar-refractivity contribution in [3.05, 3.63) is 48.5 Å². The van der Waals surface area contributed by atoms with E-state index in [-0.39, 0.29) is 17.3 Å². The van der Waals surface area contributed by atoms with Gasteiger partial charge >= 0.3 is 0 Å². The number of carbonyl (C=O) groups excluding carboxylic acids is 1. The van der Waals surface area contributed by atoms with Crippen molar-refractivity contribution >= 4 is 27.3 Å². The largest absolute Gasteiger partial charge is 0.492 e. The maximum Gasteiger partial charge on any atom is 0.243 e. The lowest BCUT2D eigenvalue weighted by Crippen LogP contribution is -2.40. The minimum Gasteiger partial charge on any atom is -0.492 e. The summed E-state index contributed by atoms with van der Waals surface area (Å²) in [5.41, 5.74) is 1.26. The number of amides is 1. The van der Waals surface area contributed by atoms with Crippen LogP contribution in [0.5, 0.6) is 5.75 Å². The Morgan fingerprint density at radius 1 is 1.10 bits per heavy atom. The first-order chi connectivity index (χ1) is 14.0. The minimum absolute atomic E-state index is 0.0535. The second-order valence-electron chi connectivity index (χ2n) is 6.37. The molecule has 2 aromatic rings. The van der Waals surface area contributed by atoms with Gasteiger partial charge in [0, 0.05) is 18.8 Å². The average Bonchev–Trinajstić information content (AvgIpc) is 2.74. The smallest absolute Gasteiger partial charge is 0.243 e. The Bertz CT molecular complexity index is 925. The van der Waals surface area contributed by atoms with E-state index >= 15 is 0 Å². The molecule has 8 nitrogen and oxygen atoms in total. The molecular weight excluding hydrogens is 394 g/mol. The minimum atomic E-state index is -3.55. The first-order valence-electron chi connectivity index (χ1n) is 9.44. The molecule has 1 aliphatic rings. The molecule has 0 bridgehead atoms. The Labute approximate surface area is 170 Å². The number of hydrogen-bond donors (Lipinski definition) is 2. The van der Waals surface area contributed by atoms with E-state index in [1.807, 2.05) is 31.2 Å². The number of morpholine rings is 1. The number of nitrogens with zero attached hydrogens (tertiary/aromatic N) is 1. The predicted octanol–water partition coefficient (Wildman–Crippen LogP) is 2.16. The van der Waals surface area contributed by atoms with Crippen LogP contribution >= 0.6 is 0 Å². The van der Waals surface area contributed by atoms with Gasteiger partial charge < -0.3 is 20.1 Å². The van der Waals surface area contributed by atoms with Crippen LogP contribution in [0.4, 0.5) is 11.4 Å². The molecule has 0 aromatic heterocycles. The highest BCUT2D eigenvalue weighted by Gasteiger charge is 2.26. The second-order valence-corrected chi connectivity index (χ2v) is 8.31. The van der Waals surface area contributed by atoms with Crippen molar-refractivity contribution in [3.63, 3.8) is 0 Å². The molecule has 0 unspecified atom stereocenters. The molecule has 0 saturated carbocycles. The van der Waals surface area contributed by atoms with Gasteiger partial charge in [-0.05, 0) is 43.3 Å². The van der Waals surface area contributed by atoms with E-state index in [1.54, 1.807) is 12.1 Å². The number of nitrogens with one attached hydrogen (secondary N) is 2. The van der Waals surface area contributed by atoms with Gasteiger partial charge in [-0.2, -0.15) is 4.31 Å². The molecule has 29 heavy (non-hydrogen) atoms. The van der Waals surface area contributed by atoms with Crippen LogP contribution in [0.2, 0.25) is 0 Å². The van der Waals surface area contributed by atoms with E-state index < -0.39 is 10.0 Å². The molecule has 1 heterocycles. The fourth-order valence-electron chi connectivity index (χ4n) is 2.92. The number of hydrogen-bond acceptors (Lipinski definition) is 6. The molecule has 1 saturated heterocycles. The molecule has 0 atom stereocenters. The van der Waals surface area contributed by atoms with Gasteiger partial charge in [0.15, 0.2) is 0 Å². The Kier molecular flexibility index (Phi) is 7.08. The number of sulfonamides is 1. The van der Waals surface area contributed by atoms with Gasteiger partial charge in [-0.1, -0.05) is 12.1 Å². The highest BCUT2D eigenvalue weighted by molar-refractivity contribution is 7.89. The molecule has 9 heteroatoms. The fourth-order valence-corrected chi connectivity index (χ4v) is 4.33. The quantitative estimate of drug-likeness (QED) is 0.681. The number of rotatable bonds is 8. The number of carbonyl (C=O) groups is 1. The Balaban J connectivity index is 1.57. The molecule has 0 spiro atoms. The highest BCUT2D eigenvalue weighted by Crippen LogP contribution is 2.23. The van der Waals surface area contributed by atoms with Crippen molar-refractivity contribution in [2.75, 3.05) is 50.1 Å². The van der Waals surface area contributed by atoms with E-state index in [2.05, 4.69) is 10.6 Å². The maximum absolute atomic E-state index is 12.6. The zero-order chi connectivity index (χ0) is 20.7. The lowest BCUT2D eigenvalue weighted by Gasteiger charge is -2.26. The highest BCUT2D eigenvalue weighted by atomic mass is 32.2. The van der Waals surface area contributed by atoms with Crippen LogP contribution in [0.1, 0.15) is 6.92 Å². The van der Waals surface area contributed by atoms with Gasteiger partial charge in [-0.25, -0.2) is 8.42 Å². The summed E-state index contributed by atoms with van der Waals surface area (Å²) >= 11 is 0. The topological polar surface area (TPSA) is 97.0 Å².